The fourth-order valence-electron chi connectivity index (χ4n) is 6.45. The summed E-state index contributed by atoms with van der Waals surface area (Å²) in [5.41, 5.74) is 11.0. The summed E-state index contributed by atoms with van der Waals surface area (Å²) in [4.78, 5) is 0. The summed E-state index contributed by atoms with van der Waals surface area (Å²) < 4.78 is 1.44. The molecule has 6 rings (SSSR count). The summed E-state index contributed by atoms with van der Waals surface area (Å²) in [6, 6.07) is 31.2. The van der Waals surface area contributed by atoms with E-state index in [4.69, 9.17) is 17.0 Å². The normalized spacial score (nSPS) is 17.3. The van der Waals surface area contributed by atoms with E-state index in [1.54, 1.807) is 0 Å². The first kappa shape index (κ1) is 25.6. The Labute approximate surface area is 235 Å². The van der Waals surface area contributed by atoms with Crippen LogP contribution in [-0.4, -0.2) is 9.52 Å². The molecule has 37 heavy (non-hydrogen) atoms. The Bertz CT molecular complexity index is 1520. The molecule has 0 saturated heterocycles. The number of rotatable bonds is 6. The third kappa shape index (κ3) is 4.20. The van der Waals surface area contributed by atoms with E-state index in [1.165, 1.54) is 58.2 Å². The summed E-state index contributed by atoms with van der Waals surface area (Å²) in [5.74, 6) is 0.486. The van der Waals surface area contributed by atoms with Crippen LogP contribution in [0, 0.1) is 0 Å². The van der Waals surface area contributed by atoms with Crippen LogP contribution in [0.4, 0.5) is 0 Å². The Kier molecular flexibility index (Phi) is 7.00. The van der Waals surface area contributed by atoms with Crippen molar-refractivity contribution in [1.82, 2.24) is 0 Å². The van der Waals surface area contributed by atoms with E-state index in [0.717, 1.165) is 12.8 Å². The molecule has 2 unspecified atom stereocenters. The molecule has 2 atom stereocenters. The molecule has 1 aliphatic carbocycles. The molecule has 0 amide bonds. The van der Waals surface area contributed by atoms with Crippen molar-refractivity contribution in [3.8, 4) is 22.3 Å². The van der Waals surface area contributed by atoms with Crippen molar-refractivity contribution in [3.05, 3.63) is 107 Å². The van der Waals surface area contributed by atoms with Crippen LogP contribution in [0.3, 0.4) is 0 Å². The first-order chi connectivity index (χ1) is 18.0. The molecule has 4 heteroatoms. The van der Waals surface area contributed by atoms with Crippen molar-refractivity contribution in [1.29, 1.82) is 0 Å². The van der Waals surface area contributed by atoms with Gasteiger partial charge in [-0.25, -0.2) is 0 Å². The van der Waals surface area contributed by atoms with Crippen LogP contribution in [0.25, 0.3) is 28.3 Å². The maximum atomic E-state index is 7.78. The molecule has 186 valence electrons. The van der Waals surface area contributed by atoms with E-state index in [0.29, 0.717) is 5.92 Å². The van der Waals surface area contributed by atoms with E-state index in [1.807, 2.05) is 0 Å². The van der Waals surface area contributed by atoms with Crippen molar-refractivity contribution in [2.45, 2.75) is 43.2 Å². The van der Waals surface area contributed by atoms with Crippen LogP contribution in [0.5, 0.6) is 0 Å². The van der Waals surface area contributed by atoms with Gasteiger partial charge in [0.15, 0.2) is 0 Å². The standard InChI is InChI=1S/C21H23.C12H9Si.2ClH.Zr/c1-4-15(3)19-12-11-18-13-16(5-2)14-20(18)21(19)17-9-7-6-8-10-17;1-3-7-11-9(5-1)10-6-2-4-8-12(10)13-11;;;/h6-15H,4-5H2,1-3H3;1-7H,13H2;2*1H;/q;;;;+2/p-2. The van der Waals surface area contributed by atoms with Gasteiger partial charge < -0.3 is 0 Å². The van der Waals surface area contributed by atoms with Crippen LogP contribution in [0.2, 0.25) is 0 Å². The fourth-order valence-corrected chi connectivity index (χ4v) is 23.5. The summed E-state index contributed by atoms with van der Waals surface area (Å²) in [6.45, 7) is 6.88. The second kappa shape index (κ2) is 10.1. The predicted molar refractivity (Wildman–Crippen MR) is 163 cm³/mol. The number of benzene rings is 4. The minimum absolute atomic E-state index is 0.135. The van der Waals surface area contributed by atoms with Crippen molar-refractivity contribution in [3.63, 3.8) is 0 Å². The van der Waals surface area contributed by atoms with Crippen LogP contribution >= 0.6 is 17.0 Å². The van der Waals surface area contributed by atoms with Crippen LogP contribution in [-0.2, 0) is 17.9 Å². The molecule has 4 aromatic carbocycles. The Morgan fingerprint density at radius 3 is 2.32 bits per heavy atom. The van der Waals surface area contributed by atoms with Gasteiger partial charge in [-0.05, 0) is 0 Å². The van der Waals surface area contributed by atoms with E-state index in [9.17, 15) is 0 Å². The molecule has 1 heterocycles. The zero-order valence-corrected chi connectivity index (χ0v) is 27.1. The number of halogens is 2. The fraction of sp³-hybridized carbons (Fsp3) is 0.212. The van der Waals surface area contributed by atoms with Crippen molar-refractivity contribution in [2.75, 3.05) is 0 Å². The first-order valence-corrected chi connectivity index (χ1v) is 23.9. The van der Waals surface area contributed by atoms with Gasteiger partial charge in [0.2, 0.25) is 0 Å². The average Bonchev–Trinajstić information content (AvgIpc) is 3.51. The SMILES string of the molecule is CCC1=Cc2c(ccc(C(C)CC)c2-c2ccccc2)[CH]1[Zr]([Cl])([Cl])[c]1cccc2c1[SiH2]c1ccccc1-2. The Hall–Kier alpha value is -1.70. The molecule has 0 nitrogen and oxygen atoms in total. The number of allylic oxidation sites excluding steroid dienone is 1. The second-order valence-electron chi connectivity index (χ2n) is 10.5. The van der Waals surface area contributed by atoms with Gasteiger partial charge in [-0.3, -0.25) is 0 Å². The molecule has 0 radical (unpaired) electrons. The molecule has 0 N–H and O–H groups in total. The van der Waals surface area contributed by atoms with E-state index < -0.39 is 27.4 Å². The van der Waals surface area contributed by atoms with Gasteiger partial charge in [0.25, 0.3) is 0 Å². The molecule has 2 aliphatic rings. The predicted octanol–water partition coefficient (Wildman–Crippen LogP) is 7.60. The molecule has 0 fully saturated rings. The Balaban J connectivity index is 1.53. The first-order valence-electron chi connectivity index (χ1n) is 13.5. The zero-order valence-electron chi connectivity index (χ0n) is 21.7. The van der Waals surface area contributed by atoms with E-state index in [2.05, 4.69) is 112 Å². The van der Waals surface area contributed by atoms with Gasteiger partial charge in [0, 0.05) is 0 Å². The summed E-state index contributed by atoms with van der Waals surface area (Å²) >= 11 is -3.92. The monoisotopic (exact) mass is 616 g/mol. The van der Waals surface area contributed by atoms with Crippen molar-refractivity contribution >= 4 is 46.3 Å². The van der Waals surface area contributed by atoms with Gasteiger partial charge in [-0.1, -0.05) is 0 Å². The Morgan fingerprint density at radius 1 is 0.838 bits per heavy atom. The molecule has 1 aliphatic heterocycles. The molecular weight excluding hydrogens is 587 g/mol. The molecular formula is C33H32Cl2SiZr. The third-order valence-electron chi connectivity index (χ3n) is 8.51. The van der Waals surface area contributed by atoms with E-state index >= 15 is 0 Å². The van der Waals surface area contributed by atoms with Gasteiger partial charge >= 0.3 is 237 Å². The average molecular weight is 619 g/mol. The van der Waals surface area contributed by atoms with Gasteiger partial charge in [0.05, 0.1) is 0 Å². The molecule has 4 aromatic rings. The van der Waals surface area contributed by atoms with Crippen molar-refractivity contribution in [2.24, 2.45) is 0 Å². The Morgan fingerprint density at radius 2 is 1.57 bits per heavy atom. The molecule has 0 bridgehead atoms. The van der Waals surface area contributed by atoms with Crippen molar-refractivity contribution < 1.29 is 17.9 Å². The van der Waals surface area contributed by atoms with E-state index in [-0.39, 0.29) is 3.63 Å². The zero-order chi connectivity index (χ0) is 25.7. The molecule has 0 aromatic heterocycles. The van der Waals surface area contributed by atoms with Crippen LogP contribution in [0.15, 0.2) is 90.5 Å². The van der Waals surface area contributed by atoms with Crippen LogP contribution in [0.1, 0.15) is 59.8 Å². The summed E-state index contributed by atoms with van der Waals surface area (Å²) in [6.07, 6.45) is 4.53. The summed E-state index contributed by atoms with van der Waals surface area (Å²) in [5, 5.41) is 3.01. The number of hydrogen-bond donors (Lipinski definition) is 0. The number of fused-ring (bicyclic) bond motifs is 4. The molecule has 0 saturated carbocycles. The van der Waals surface area contributed by atoms with Gasteiger partial charge in [0.1, 0.15) is 0 Å². The second-order valence-corrected chi connectivity index (χ2v) is 26.3. The minimum atomic E-state index is -3.92. The third-order valence-corrected chi connectivity index (χ3v) is 22.9. The van der Waals surface area contributed by atoms with Crippen LogP contribution < -0.4 is 13.6 Å². The van der Waals surface area contributed by atoms with Gasteiger partial charge in [-0.15, -0.1) is 0 Å². The molecule has 0 spiro atoms. The topological polar surface area (TPSA) is 0 Å². The quantitative estimate of drug-likeness (QED) is 0.172. The summed E-state index contributed by atoms with van der Waals surface area (Å²) in [7, 11) is 15.0. The number of hydrogen-bond acceptors (Lipinski definition) is 0. The maximum absolute atomic E-state index is 7.78. The van der Waals surface area contributed by atoms with Gasteiger partial charge in [-0.2, -0.15) is 0 Å².